The van der Waals surface area contributed by atoms with Gasteiger partial charge in [-0.25, -0.2) is 0 Å². The van der Waals surface area contributed by atoms with Gasteiger partial charge in [-0.05, 0) is 37.6 Å². The van der Waals surface area contributed by atoms with Crippen LogP contribution in [0.15, 0.2) is 0 Å². The lowest BCUT2D eigenvalue weighted by atomic mass is 9.79. The molecular weight excluding hydrogens is 256 g/mol. The van der Waals surface area contributed by atoms with Crippen LogP contribution in [-0.4, -0.2) is 36.6 Å². The molecule has 2 aliphatic rings. The minimum atomic E-state index is 0.541. The molecule has 0 aliphatic heterocycles. The lowest BCUT2D eigenvalue weighted by Gasteiger charge is -2.41. The van der Waals surface area contributed by atoms with Gasteiger partial charge in [0.2, 0.25) is 0 Å². The molecule has 124 valence electrons. The van der Waals surface area contributed by atoms with Gasteiger partial charge in [0.15, 0.2) is 0 Å². The van der Waals surface area contributed by atoms with Crippen molar-refractivity contribution in [3.8, 4) is 0 Å². The van der Waals surface area contributed by atoms with E-state index >= 15 is 0 Å². The van der Waals surface area contributed by atoms with Gasteiger partial charge in [-0.2, -0.15) is 0 Å². The summed E-state index contributed by atoms with van der Waals surface area (Å²) >= 11 is 0. The molecule has 2 fully saturated rings. The van der Waals surface area contributed by atoms with Crippen LogP contribution in [0.3, 0.4) is 0 Å². The molecular formula is C19H38N2. The maximum absolute atomic E-state index is 3.78. The van der Waals surface area contributed by atoms with Crippen molar-refractivity contribution < 1.29 is 0 Å². The van der Waals surface area contributed by atoms with Crippen molar-refractivity contribution in [2.75, 3.05) is 19.6 Å². The summed E-state index contributed by atoms with van der Waals surface area (Å²) in [5, 5.41) is 3.78. The van der Waals surface area contributed by atoms with Gasteiger partial charge in [-0.3, -0.25) is 0 Å². The molecule has 2 nitrogen and oxygen atoms in total. The van der Waals surface area contributed by atoms with Crippen LogP contribution < -0.4 is 5.32 Å². The summed E-state index contributed by atoms with van der Waals surface area (Å²) < 4.78 is 0. The van der Waals surface area contributed by atoms with Gasteiger partial charge in [0.25, 0.3) is 0 Å². The summed E-state index contributed by atoms with van der Waals surface area (Å²) in [6.45, 7) is 10.8. The SMILES string of the molecule is CCN(CC1(CNC(C)C)CCCCCC1)C1CCCC1. The highest BCUT2D eigenvalue weighted by Gasteiger charge is 2.35. The van der Waals surface area contributed by atoms with E-state index in [2.05, 4.69) is 31.0 Å². The first-order valence-corrected chi connectivity index (χ1v) is 9.63. The van der Waals surface area contributed by atoms with Gasteiger partial charge >= 0.3 is 0 Å². The lowest BCUT2D eigenvalue weighted by molar-refractivity contribution is 0.0963. The quantitative estimate of drug-likeness (QED) is 0.691. The van der Waals surface area contributed by atoms with Gasteiger partial charge in [0.05, 0.1) is 0 Å². The summed E-state index contributed by atoms with van der Waals surface area (Å²) in [7, 11) is 0. The zero-order chi connectivity index (χ0) is 15.1. The Balaban J connectivity index is 2.01. The number of nitrogens with one attached hydrogen (secondary N) is 1. The summed E-state index contributed by atoms with van der Waals surface area (Å²) in [4.78, 5) is 2.83. The van der Waals surface area contributed by atoms with Gasteiger partial charge in [-0.15, -0.1) is 0 Å². The second kappa shape index (κ2) is 8.53. The largest absolute Gasteiger partial charge is 0.314 e. The summed E-state index contributed by atoms with van der Waals surface area (Å²) in [5.74, 6) is 0. The molecule has 2 saturated carbocycles. The number of hydrogen-bond donors (Lipinski definition) is 1. The average molecular weight is 295 g/mol. The Morgan fingerprint density at radius 1 is 1.00 bits per heavy atom. The zero-order valence-corrected chi connectivity index (χ0v) is 14.8. The molecule has 21 heavy (non-hydrogen) atoms. The van der Waals surface area contributed by atoms with Crippen molar-refractivity contribution >= 4 is 0 Å². The molecule has 0 radical (unpaired) electrons. The molecule has 0 unspecified atom stereocenters. The van der Waals surface area contributed by atoms with Gasteiger partial charge in [0.1, 0.15) is 0 Å². The Morgan fingerprint density at radius 3 is 2.14 bits per heavy atom. The fourth-order valence-corrected chi connectivity index (χ4v) is 4.49. The molecule has 0 heterocycles. The first kappa shape index (κ1) is 17.3. The normalized spacial score (nSPS) is 23.9. The predicted molar refractivity (Wildman–Crippen MR) is 92.8 cm³/mol. The Hall–Kier alpha value is -0.0800. The Labute approximate surface area is 133 Å². The summed E-state index contributed by atoms with van der Waals surface area (Å²) in [5.41, 5.74) is 0.541. The van der Waals surface area contributed by atoms with E-state index in [0.717, 1.165) is 6.04 Å². The Bertz CT molecular complexity index is 273. The van der Waals surface area contributed by atoms with Gasteiger partial charge in [-0.1, -0.05) is 59.3 Å². The monoisotopic (exact) mass is 294 g/mol. The van der Waals surface area contributed by atoms with E-state index in [4.69, 9.17) is 0 Å². The summed E-state index contributed by atoms with van der Waals surface area (Å²) in [6, 6.07) is 1.50. The molecule has 0 amide bonds. The molecule has 2 rings (SSSR count). The van der Waals surface area contributed by atoms with Crippen LogP contribution in [0.4, 0.5) is 0 Å². The fourth-order valence-electron chi connectivity index (χ4n) is 4.49. The molecule has 0 aromatic rings. The zero-order valence-electron chi connectivity index (χ0n) is 14.8. The van der Waals surface area contributed by atoms with Crippen LogP contribution in [0, 0.1) is 5.41 Å². The van der Waals surface area contributed by atoms with Crippen molar-refractivity contribution in [2.45, 2.75) is 97.1 Å². The smallest absolute Gasteiger partial charge is 0.00953 e. The van der Waals surface area contributed by atoms with E-state index in [0.29, 0.717) is 11.5 Å². The maximum Gasteiger partial charge on any atom is 0.00953 e. The Morgan fingerprint density at radius 2 is 1.62 bits per heavy atom. The van der Waals surface area contributed by atoms with E-state index in [1.165, 1.54) is 83.8 Å². The third kappa shape index (κ3) is 5.25. The van der Waals surface area contributed by atoms with Crippen molar-refractivity contribution in [1.82, 2.24) is 10.2 Å². The standard InChI is InChI=1S/C19H38N2/c1-4-21(18-11-7-8-12-18)16-19(15-20-17(2)3)13-9-5-6-10-14-19/h17-18,20H,4-16H2,1-3H3. The minimum Gasteiger partial charge on any atom is -0.314 e. The van der Waals surface area contributed by atoms with E-state index in [-0.39, 0.29) is 0 Å². The third-order valence-corrected chi connectivity index (χ3v) is 5.84. The maximum atomic E-state index is 3.78. The first-order valence-electron chi connectivity index (χ1n) is 9.63. The van der Waals surface area contributed by atoms with Crippen molar-refractivity contribution in [1.29, 1.82) is 0 Å². The van der Waals surface area contributed by atoms with Crippen molar-refractivity contribution in [2.24, 2.45) is 5.41 Å². The second-order valence-electron chi connectivity index (χ2n) is 7.95. The van der Waals surface area contributed by atoms with E-state index < -0.39 is 0 Å². The highest BCUT2D eigenvalue weighted by Crippen LogP contribution is 2.37. The van der Waals surface area contributed by atoms with Crippen molar-refractivity contribution in [3.63, 3.8) is 0 Å². The molecule has 0 aromatic heterocycles. The van der Waals surface area contributed by atoms with E-state index in [1.54, 1.807) is 0 Å². The van der Waals surface area contributed by atoms with Crippen LogP contribution >= 0.6 is 0 Å². The van der Waals surface area contributed by atoms with Crippen LogP contribution in [0.25, 0.3) is 0 Å². The third-order valence-electron chi connectivity index (χ3n) is 5.84. The molecule has 0 bridgehead atoms. The molecule has 0 saturated heterocycles. The Kier molecular flexibility index (Phi) is 7.01. The number of rotatable bonds is 7. The highest BCUT2D eigenvalue weighted by atomic mass is 15.2. The average Bonchev–Trinajstić information content (AvgIpc) is 2.90. The van der Waals surface area contributed by atoms with Gasteiger partial charge < -0.3 is 10.2 Å². The van der Waals surface area contributed by atoms with Crippen LogP contribution in [0.1, 0.15) is 85.0 Å². The van der Waals surface area contributed by atoms with E-state index in [9.17, 15) is 0 Å². The molecule has 0 aromatic carbocycles. The van der Waals surface area contributed by atoms with Crippen LogP contribution in [0.2, 0.25) is 0 Å². The predicted octanol–water partition coefficient (Wildman–Crippen LogP) is 4.59. The molecule has 2 aliphatic carbocycles. The topological polar surface area (TPSA) is 15.3 Å². The fraction of sp³-hybridized carbons (Fsp3) is 1.00. The number of nitrogens with zero attached hydrogens (tertiary/aromatic N) is 1. The first-order chi connectivity index (χ1) is 10.2. The number of hydrogen-bond acceptors (Lipinski definition) is 2. The lowest BCUT2D eigenvalue weighted by Crippen LogP contribution is -2.48. The van der Waals surface area contributed by atoms with E-state index in [1.807, 2.05) is 0 Å². The van der Waals surface area contributed by atoms with Crippen LogP contribution in [0.5, 0.6) is 0 Å². The molecule has 0 atom stereocenters. The van der Waals surface area contributed by atoms with Crippen molar-refractivity contribution in [3.05, 3.63) is 0 Å². The second-order valence-corrected chi connectivity index (χ2v) is 7.95. The molecule has 2 heteroatoms. The van der Waals surface area contributed by atoms with Crippen LogP contribution in [-0.2, 0) is 0 Å². The highest BCUT2D eigenvalue weighted by molar-refractivity contribution is 4.90. The minimum absolute atomic E-state index is 0.541. The van der Waals surface area contributed by atoms with Gasteiger partial charge in [0, 0.05) is 25.2 Å². The molecule has 0 spiro atoms. The molecule has 1 N–H and O–H groups in total. The summed E-state index contributed by atoms with van der Waals surface area (Å²) in [6.07, 6.45) is 14.5.